The van der Waals surface area contributed by atoms with Gasteiger partial charge < -0.3 is 14.5 Å². The summed E-state index contributed by atoms with van der Waals surface area (Å²) in [6.45, 7) is 6.29. The van der Waals surface area contributed by atoms with E-state index in [0.717, 1.165) is 51.2 Å². The number of halogens is 1. The Morgan fingerprint density at radius 1 is 1.30 bits per heavy atom. The van der Waals surface area contributed by atoms with Crippen molar-refractivity contribution in [2.24, 2.45) is 0 Å². The number of hydrogen-bond acceptors (Lipinski definition) is 4. The normalized spacial score (nSPS) is 17.1. The second kappa shape index (κ2) is 7.62. The Morgan fingerprint density at radius 3 is 2.70 bits per heavy atom. The fourth-order valence-corrected chi connectivity index (χ4v) is 2.46. The minimum atomic E-state index is 0.441. The number of rotatable bonds is 6. The highest BCUT2D eigenvalue weighted by molar-refractivity contribution is 6.33. The highest BCUT2D eigenvalue weighted by Gasteiger charge is 2.12. The Hall–Kier alpha value is -1.10. The molecule has 0 atom stereocenters. The van der Waals surface area contributed by atoms with Gasteiger partial charge in [0.15, 0.2) is 6.29 Å². The lowest BCUT2D eigenvalue weighted by atomic mass is 10.2. The topological polar surface area (TPSA) is 32.8 Å². The van der Waals surface area contributed by atoms with E-state index in [4.69, 9.17) is 16.3 Å². The predicted octanol–water partition coefficient (Wildman–Crippen LogP) is 2.17. The second-order valence-electron chi connectivity index (χ2n) is 5.15. The Labute approximate surface area is 125 Å². The lowest BCUT2D eigenvalue weighted by molar-refractivity contribution is 0.112. The smallest absolute Gasteiger partial charge is 0.151 e. The van der Waals surface area contributed by atoms with Gasteiger partial charge in [0.1, 0.15) is 5.75 Å². The van der Waals surface area contributed by atoms with Crippen LogP contribution in [-0.2, 0) is 0 Å². The number of benzene rings is 1. The molecule has 4 nitrogen and oxygen atoms in total. The minimum Gasteiger partial charge on any atom is -0.493 e. The molecule has 1 heterocycles. The predicted molar refractivity (Wildman–Crippen MR) is 80.9 cm³/mol. The van der Waals surface area contributed by atoms with Gasteiger partial charge in [0.2, 0.25) is 0 Å². The molecule has 0 radical (unpaired) electrons. The van der Waals surface area contributed by atoms with Crippen molar-refractivity contribution >= 4 is 17.9 Å². The third-order valence-corrected chi connectivity index (χ3v) is 3.91. The third kappa shape index (κ3) is 4.47. The maximum absolute atomic E-state index is 10.7. The fourth-order valence-electron chi connectivity index (χ4n) is 2.24. The monoisotopic (exact) mass is 296 g/mol. The maximum Gasteiger partial charge on any atom is 0.151 e. The average molecular weight is 297 g/mol. The molecule has 0 aromatic heterocycles. The van der Waals surface area contributed by atoms with Crippen LogP contribution in [0.1, 0.15) is 16.8 Å². The van der Waals surface area contributed by atoms with Crippen LogP contribution in [0.2, 0.25) is 5.02 Å². The molecule has 0 saturated carbocycles. The summed E-state index contributed by atoms with van der Waals surface area (Å²) in [7, 11) is 2.16. The Bertz CT molecular complexity index is 445. The van der Waals surface area contributed by atoms with Crippen LogP contribution < -0.4 is 4.74 Å². The van der Waals surface area contributed by atoms with E-state index < -0.39 is 0 Å². The van der Waals surface area contributed by atoms with E-state index in [-0.39, 0.29) is 0 Å². The highest BCUT2D eigenvalue weighted by atomic mass is 35.5. The van der Waals surface area contributed by atoms with E-state index in [1.54, 1.807) is 18.2 Å². The van der Waals surface area contributed by atoms with E-state index >= 15 is 0 Å². The van der Waals surface area contributed by atoms with Crippen LogP contribution in [0.15, 0.2) is 18.2 Å². The van der Waals surface area contributed by atoms with E-state index in [2.05, 4.69) is 16.8 Å². The van der Waals surface area contributed by atoms with Gasteiger partial charge in [-0.15, -0.1) is 0 Å². The molecule has 2 rings (SSSR count). The summed E-state index contributed by atoms with van der Waals surface area (Å²) in [5.41, 5.74) is 0.497. The van der Waals surface area contributed by atoms with Crippen LogP contribution in [-0.4, -0.2) is 62.5 Å². The number of hydrogen-bond donors (Lipinski definition) is 0. The molecule has 0 bridgehead atoms. The van der Waals surface area contributed by atoms with Crippen LogP contribution in [0.5, 0.6) is 5.75 Å². The second-order valence-corrected chi connectivity index (χ2v) is 5.56. The van der Waals surface area contributed by atoms with Crippen LogP contribution >= 0.6 is 11.6 Å². The number of nitrogens with zero attached hydrogens (tertiary/aromatic N) is 2. The van der Waals surface area contributed by atoms with Crippen molar-refractivity contribution in [2.75, 3.05) is 46.4 Å². The molecule has 1 aliphatic rings. The van der Waals surface area contributed by atoms with Crippen molar-refractivity contribution in [1.82, 2.24) is 9.80 Å². The van der Waals surface area contributed by atoms with Crippen molar-refractivity contribution in [1.29, 1.82) is 0 Å². The Morgan fingerprint density at radius 2 is 2.05 bits per heavy atom. The Balaban J connectivity index is 1.68. The van der Waals surface area contributed by atoms with Gasteiger partial charge in [-0.05, 0) is 31.7 Å². The summed E-state index contributed by atoms with van der Waals surface area (Å²) in [6.07, 6.45) is 1.75. The Kier molecular flexibility index (Phi) is 5.83. The zero-order valence-corrected chi connectivity index (χ0v) is 12.6. The molecule has 0 spiro atoms. The molecule has 20 heavy (non-hydrogen) atoms. The molecule has 0 unspecified atom stereocenters. The van der Waals surface area contributed by atoms with Gasteiger partial charge in [-0.3, -0.25) is 4.79 Å². The van der Waals surface area contributed by atoms with Crippen LogP contribution in [0.4, 0.5) is 0 Å². The molecule has 0 aliphatic carbocycles. The minimum absolute atomic E-state index is 0.441. The number of carbonyl (C=O) groups excluding carboxylic acids is 1. The standard InChI is InChI=1S/C15H21ClN2O2/c1-17-6-8-18(9-7-17)5-2-10-20-14-4-3-13(12-19)15(16)11-14/h3-4,11-12H,2,5-10H2,1H3. The first-order valence-electron chi connectivity index (χ1n) is 6.97. The van der Waals surface area contributed by atoms with Gasteiger partial charge in [0, 0.05) is 38.3 Å². The van der Waals surface area contributed by atoms with E-state index in [0.29, 0.717) is 17.2 Å². The van der Waals surface area contributed by atoms with Crippen molar-refractivity contribution in [3.8, 4) is 5.75 Å². The lowest BCUT2D eigenvalue weighted by Crippen LogP contribution is -2.44. The summed E-state index contributed by atoms with van der Waals surface area (Å²) in [5.74, 6) is 0.721. The molecular weight excluding hydrogens is 276 g/mol. The summed E-state index contributed by atoms with van der Waals surface area (Å²) >= 11 is 5.95. The molecule has 1 fully saturated rings. The number of ether oxygens (including phenoxy) is 1. The number of piperazine rings is 1. The van der Waals surface area contributed by atoms with Crippen LogP contribution in [0, 0.1) is 0 Å². The average Bonchev–Trinajstić information content (AvgIpc) is 2.46. The zero-order chi connectivity index (χ0) is 14.4. The first kappa shape index (κ1) is 15.3. The molecular formula is C15H21ClN2O2. The summed E-state index contributed by atoms with van der Waals surface area (Å²) in [4.78, 5) is 15.5. The molecule has 110 valence electrons. The van der Waals surface area contributed by atoms with Gasteiger partial charge in [-0.25, -0.2) is 0 Å². The van der Waals surface area contributed by atoms with Gasteiger partial charge in [0.25, 0.3) is 0 Å². The van der Waals surface area contributed by atoms with Crippen molar-refractivity contribution in [3.63, 3.8) is 0 Å². The van der Waals surface area contributed by atoms with Gasteiger partial charge >= 0.3 is 0 Å². The molecule has 0 N–H and O–H groups in total. The molecule has 1 saturated heterocycles. The lowest BCUT2D eigenvalue weighted by Gasteiger charge is -2.32. The summed E-state index contributed by atoms with van der Waals surface area (Å²) < 4.78 is 5.66. The van der Waals surface area contributed by atoms with Crippen LogP contribution in [0.25, 0.3) is 0 Å². The molecule has 1 aliphatic heterocycles. The number of carbonyl (C=O) groups is 1. The van der Waals surface area contributed by atoms with Crippen molar-refractivity contribution in [3.05, 3.63) is 28.8 Å². The highest BCUT2D eigenvalue weighted by Crippen LogP contribution is 2.21. The molecule has 1 aromatic carbocycles. The number of likely N-dealkylation sites (N-methyl/N-ethyl adjacent to an activating group) is 1. The summed E-state index contributed by atoms with van der Waals surface area (Å²) in [6, 6.07) is 5.16. The van der Waals surface area contributed by atoms with Crippen molar-refractivity contribution in [2.45, 2.75) is 6.42 Å². The van der Waals surface area contributed by atoms with E-state index in [1.807, 2.05) is 0 Å². The van der Waals surface area contributed by atoms with Crippen molar-refractivity contribution < 1.29 is 9.53 Å². The van der Waals surface area contributed by atoms with Crippen LogP contribution in [0.3, 0.4) is 0 Å². The first-order chi connectivity index (χ1) is 9.69. The molecule has 1 aromatic rings. The third-order valence-electron chi connectivity index (χ3n) is 3.58. The van der Waals surface area contributed by atoms with Gasteiger partial charge in [0.05, 0.1) is 11.6 Å². The number of aldehydes is 1. The SMILES string of the molecule is CN1CCN(CCCOc2ccc(C=O)c(Cl)c2)CC1. The molecule has 5 heteroatoms. The maximum atomic E-state index is 10.7. The quantitative estimate of drug-likeness (QED) is 0.595. The van der Waals surface area contributed by atoms with E-state index in [1.165, 1.54) is 0 Å². The largest absolute Gasteiger partial charge is 0.493 e. The van der Waals surface area contributed by atoms with Gasteiger partial charge in [-0.1, -0.05) is 11.6 Å². The summed E-state index contributed by atoms with van der Waals surface area (Å²) in [5, 5.41) is 0.441. The van der Waals surface area contributed by atoms with E-state index in [9.17, 15) is 4.79 Å². The van der Waals surface area contributed by atoms with Gasteiger partial charge in [-0.2, -0.15) is 0 Å². The molecule has 0 amide bonds. The first-order valence-corrected chi connectivity index (χ1v) is 7.35. The zero-order valence-electron chi connectivity index (χ0n) is 11.8. The fraction of sp³-hybridized carbons (Fsp3) is 0.533.